The highest BCUT2D eigenvalue weighted by Crippen LogP contribution is 2.28. The molecule has 0 N–H and O–H groups in total. The number of hydrogen-bond donors (Lipinski definition) is 0. The van der Waals surface area contributed by atoms with Gasteiger partial charge in [0.2, 0.25) is 0 Å². The van der Waals surface area contributed by atoms with Crippen molar-refractivity contribution in [2.24, 2.45) is 7.05 Å². The standard InChI is InChI=1S/C14H10N4S/c1-18-6-5-12(17-18)14-16-13(9-19-14)11-4-2-3-10(7-11)8-15/h2-7,9H,1H3. The van der Waals surface area contributed by atoms with Gasteiger partial charge in [-0.25, -0.2) is 4.98 Å². The predicted molar refractivity (Wildman–Crippen MR) is 74.5 cm³/mol. The maximum atomic E-state index is 8.91. The fourth-order valence-corrected chi connectivity index (χ4v) is 2.59. The van der Waals surface area contributed by atoms with Crippen molar-refractivity contribution < 1.29 is 0 Å². The molecular weight excluding hydrogens is 256 g/mol. The Labute approximate surface area is 114 Å². The lowest BCUT2D eigenvalue weighted by Gasteiger charge is -1.96. The highest BCUT2D eigenvalue weighted by molar-refractivity contribution is 7.13. The number of hydrogen-bond acceptors (Lipinski definition) is 4. The minimum atomic E-state index is 0.643. The molecule has 3 aromatic rings. The molecule has 92 valence electrons. The molecule has 2 heterocycles. The van der Waals surface area contributed by atoms with Gasteiger partial charge in [0.15, 0.2) is 0 Å². The molecule has 0 aliphatic carbocycles. The maximum Gasteiger partial charge on any atom is 0.144 e. The first-order chi connectivity index (χ1) is 9.26. The summed E-state index contributed by atoms with van der Waals surface area (Å²) >= 11 is 1.55. The average molecular weight is 266 g/mol. The summed E-state index contributed by atoms with van der Waals surface area (Å²) in [4.78, 5) is 4.57. The van der Waals surface area contributed by atoms with Crippen LogP contribution in [0.4, 0.5) is 0 Å². The van der Waals surface area contributed by atoms with Gasteiger partial charge in [-0.1, -0.05) is 12.1 Å². The Hall–Kier alpha value is -2.45. The zero-order valence-corrected chi connectivity index (χ0v) is 11.1. The first-order valence-electron chi connectivity index (χ1n) is 5.72. The first kappa shape index (κ1) is 11.6. The number of aromatic nitrogens is 3. The van der Waals surface area contributed by atoms with E-state index in [1.807, 2.05) is 42.9 Å². The number of thiazole rings is 1. The number of benzene rings is 1. The van der Waals surface area contributed by atoms with E-state index >= 15 is 0 Å². The van der Waals surface area contributed by atoms with Crippen molar-refractivity contribution in [1.29, 1.82) is 5.26 Å². The third kappa shape index (κ3) is 2.26. The molecule has 3 rings (SSSR count). The second-order valence-corrected chi connectivity index (χ2v) is 4.96. The third-order valence-corrected chi connectivity index (χ3v) is 3.59. The normalized spacial score (nSPS) is 10.3. The second-order valence-electron chi connectivity index (χ2n) is 4.11. The van der Waals surface area contributed by atoms with E-state index in [1.54, 1.807) is 22.1 Å². The molecule has 0 saturated carbocycles. The first-order valence-corrected chi connectivity index (χ1v) is 6.60. The van der Waals surface area contributed by atoms with Crippen molar-refractivity contribution in [3.63, 3.8) is 0 Å². The summed E-state index contributed by atoms with van der Waals surface area (Å²) in [5.41, 5.74) is 3.35. The second kappa shape index (κ2) is 4.67. The quantitative estimate of drug-likeness (QED) is 0.716. The molecule has 19 heavy (non-hydrogen) atoms. The minimum absolute atomic E-state index is 0.643. The molecule has 0 bridgehead atoms. The summed E-state index contributed by atoms with van der Waals surface area (Å²) in [6, 6.07) is 11.5. The van der Waals surface area contributed by atoms with Gasteiger partial charge in [0.1, 0.15) is 10.7 Å². The number of nitriles is 1. The average Bonchev–Trinajstić information content (AvgIpc) is 3.07. The van der Waals surface area contributed by atoms with Gasteiger partial charge in [0.05, 0.1) is 17.3 Å². The van der Waals surface area contributed by atoms with Crippen LogP contribution in [-0.2, 0) is 7.05 Å². The number of aryl methyl sites for hydroxylation is 1. The van der Waals surface area contributed by atoms with Crippen LogP contribution in [0.15, 0.2) is 41.9 Å². The Bertz CT molecular complexity index is 764. The third-order valence-electron chi connectivity index (χ3n) is 2.72. The van der Waals surface area contributed by atoms with Gasteiger partial charge in [-0.15, -0.1) is 11.3 Å². The molecule has 0 amide bonds. The summed E-state index contributed by atoms with van der Waals surface area (Å²) in [5, 5.41) is 16.1. The fraction of sp³-hybridized carbons (Fsp3) is 0.0714. The van der Waals surface area contributed by atoms with Crippen molar-refractivity contribution >= 4 is 11.3 Å². The SMILES string of the molecule is Cn1ccc(-c2nc(-c3cccc(C#N)c3)cs2)n1. The Balaban J connectivity index is 1.99. The van der Waals surface area contributed by atoms with Crippen LogP contribution < -0.4 is 0 Å². The van der Waals surface area contributed by atoms with Crippen LogP contribution >= 0.6 is 11.3 Å². The summed E-state index contributed by atoms with van der Waals surface area (Å²) in [6.45, 7) is 0. The molecular formula is C14H10N4S. The predicted octanol–water partition coefficient (Wildman–Crippen LogP) is 3.08. The van der Waals surface area contributed by atoms with E-state index in [2.05, 4.69) is 16.2 Å². The van der Waals surface area contributed by atoms with E-state index in [1.165, 1.54) is 0 Å². The minimum Gasteiger partial charge on any atom is -0.275 e. The van der Waals surface area contributed by atoms with E-state index in [0.717, 1.165) is 22.0 Å². The lowest BCUT2D eigenvalue weighted by Crippen LogP contribution is -1.87. The van der Waals surface area contributed by atoms with Crippen molar-refractivity contribution in [1.82, 2.24) is 14.8 Å². The van der Waals surface area contributed by atoms with E-state index in [4.69, 9.17) is 5.26 Å². The lowest BCUT2D eigenvalue weighted by atomic mass is 10.1. The van der Waals surface area contributed by atoms with Crippen LogP contribution in [-0.4, -0.2) is 14.8 Å². The molecule has 0 atom stereocenters. The van der Waals surface area contributed by atoms with Gasteiger partial charge >= 0.3 is 0 Å². The van der Waals surface area contributed by atoms with Gasteiger partial charge in [0, 0.05) is 24.2 Å². The van der Waals surface area contributed by atoms with Crippen LogP contribution in [0.5, 0.6) is 0 Å². The van der Waals surface area contributed by atoms with Crippen molar-refractivity contribution in [3.05, 3.63) is 47.5 Å². The topological polar surface area (TPSA) is 54.5 Å². The van der Waals surface area contributed by atoms with Gasteiger partial charge < -0.3 is 0 Å². The molecule has 0 aliphatic heterocycles. The smallest absolute Gasteiger partial charge is 0.144 e. The fourth-order valence-electron chi connectivity index (χ4n) is 1.80. The van der Waals surface area contributed by atoms with Crippen LogP contribution in [0, 0.1) is 11.3 Å². The summed E-state index contributed by atoms with van der Waals surface area (Å²) in [5.74, 6) is 0. The number of rotatable bonds is 2. The Morgan fingerprint density at radius 1 is 1.26 bits per heavy atom. The molecule has 0 saturated heterocycles. The van der Waals surface area contributed by atoms with E-state index in [9.17, 15) is 0 Å². The van der Waals surface area contributed by atoms with Gasteiger partial charge in [-0.05, 0) is 18.2 Å². The highest BCUT2D eigenvalue weighted by atomic mass is 32.1. The molecule has 4 nitrogen and oxygen atoms in total. The van der Waals surface area contributed by atoms with Gasteiger partial charge in [-0.3, -0.25) is 4.68 Å². The van der Waals surface area contributed by atoms with Crippen LogP contribution in [0.3, 0.4) is 0 Å². The Kier molecular flexibility index (Phi) is 2.86. The number of nitrogens with zero attached hydrogens (tertiary/aromatic N) is 4. The largest absolute Gasteiger partial charge is 0.275 e. The highest BCUT2D eigenvalue weighted by Gasteiger charge is 2.09. The monoisotopic (exact) mass is 266 g/mol. The van der Waals surface area contributed by atoms with Crippen LogP contribution in [0.2, 0.25) is 0 Å². The molecule has 2 aromatic heterocycles. The summed E-state index contributed by atoms with van der Waals surface area (Å²) < 4.78 is 1.76. The van der Waals surface area contributed by atoms with Crippen molar-refractivity contribution in [2.75, 3.05) is 0 Å². The molecule has 5 heteroatoms. The van der Waals surface area contributed by atoms with E-state index in [-0.39, 0.29) is 0 Å². The Morgan fingerprint density at radius 3 is 2.89 bits per heavy atom. The summed E-state index contributed by atoms with van der Waals surface area (Å²) in [7, 11) is 1.88. The molecule has 0 aliphatic rings. The van der Waals surface area contributed by atoms with E-state index in [0.29, 0.717) is 5.56 Å². The van der Waals surface area contributed by atoms with Crippen LogP contribution in [0.1, 0.15) is 5.56 Å². The van der Waals surface area contributed by atoms with Crippen LogP contribution in [0.25, 0.3) is 22.0 Å². The van der Waals surface area contributed by atoms with Gasteiger partial charge in [-0.2, -0.15) is 10.4 Å². The van der Waals surface area contributed by atoms with Crippen molar-refractivity contribution in [3.8, 4) is 28.0 Å². The lowest BCUT2D eigenvalue weighted by molar-refractivity contribution is 0.770. The zero-order valence-electron chi connectivity index (χ0n) is 10.2. The zero-order chi connectivity index (χ0) is 13.2. The molecule has 0 unspecified atom stereocenters. The molecule has 0 radical (unpaired) electrons. The summed E-state index contributed by atoms with van der Waals surface area (Å²) in [6.07, 6.45) is 1.90. The van der Waals surface area contributed by atoms with E-state index < -0.39 is 0 Å². The van der Waals surface area contributed by atoms with Gasteiger partial charge in [0.25, 0.3) is 0 Å². The molecule has 0 fully saturated rings. The molecule has 0 spiro atoms. The Morgan fingerprint density at radius 2 is 2.16 bits per heavy atom. The maximum absolute atomic E-state index is 8.91. The van der Waals surface area contributed by atoms with Crippen molar-refractivity contribution in [2.45, 2.75) is 0 Å². The molecule has 1 aromatic carbocycles.